The summed E-state index contributed by atoms with van der Waals surface area (Å²) in [6.45, 7) is 14.0. The number of nitrogens with one attached hydrogen (secondary N) is 1. The summed E-state index contributed by atoms with van der Waals surface area (Å²) in [5.74, 6) is 2.65. The van der Waals surface area contributed by atoms with E-state index in [9.17, 15) is 14.7 Å². The molecule has 9 heteroatoms. The van der Waals surface area contributed by atoms with E-state index in [1.165, 1.54) is 25.7 Å². The lowest BCUT2D eigenvalue weighted by atomic mass is 9.41. The van der Waals surface area contributed by atoms with Gasteiger partial charge in [0.1, 0.15) is 12.2 Å². The Bertz CT molecular complexity index is 1270. The van der Waals surface area contributed by atoms with Crippen molar-refractivity contribution in [1.29, 1.82) is 0 Å². The van der Waals surface area contributed by atoms with Crippen LogP contribution in [0.3, 0.4) is 0 Å². The lowest BCUT2D eigenvalue weighted by Gasteiger charge is -2.63. The number of nitrogens with zero attached hydrogens (tertiary/aromatic N) is 1. The molecule has 9 nitrogen and oxygen atoms in total. The number of hydrogen-bond acceptors (Lipinski definition) is 7. The topological polar surface area (TPSA) is 118 Å². The second kappa shape index (κ2) is 11.1. The summed E-state index contributed by atoms with van der Waals surface area (Å²) in [5, 5.41) is 24.4. The summed E-state index contributed by atoms with van der Waals surface area (Å²) in [7, 11) is 0. The smallest absolute Gasteiger partial charge is 0.317 e. The molecule has 2 aliphatic heterocycles. The number of carboxylic acids is 1. The molecule has 0 bridgehead atoms. The van der Waals surface area contributed by atoms with Crippen LogP contribution in [0.2, 0.25) is 0 Å². The fraction of sp³-hybridized carbons (Fsp3) is 0.868. The molecule has 1 amide bonds. The Morgan fingerprint density at radius 3 is 2.62 bits per heavy atom. The van der Waals surface area contributed by atoms with Gasteiger partial charge in [0, 0.05) is 30.8 Å². The number of morpholine rings is 1. The number of aliphatic hydroxyl groups is 1. The highest BCUT2D eigenvalue weighted by atomic mass is 16.7. The van der Waals surface area contributed by atoms with E-state index in [1.807, 2.05) is 4.90 Å². The van der Waals surface area contributed by atoms with E-state index in [0.717, 1.165) is 50.7 Å². The zero-order valence-electron chi connectivity index (χ0n) is 29.2. The maximum absolute atomic E-state index is 12.9. The Labute approximate surface area is 281 Å². The summed E-state index contributed by atoms with van der Waals surface area (Å²) in [4.78, 5) is 25.9. The molecule has 10 atom stereocenters. The number of carbonyl (C=O) groups excluding carboxylic acids is 1. The molecule has 2 spiro atoms. The average Bonchev–Trinajstić information content (AvgIpc) is 3.94. The second-order valence-electron chi connectivity index (χ2n) is 18.0. The van der Waals surface area contributed by atoms with E-state index in [-0.39, 0.29) is 57.8 Å². The minimum Gasteiger partial charge on any atom is -0.480 e. The van der Waals surface area contributed by atoms with Gasteiger partial charge >= 0.3 is 5.97 Å². The average molecular weight is 654 g/mol. The van der Waals surface area contributed by atoms with Crippen LogP contribution in [0.5, 0.6) is 0 Å². The normalized spacial score (nSPS) is 47.7. The van der Waals surface area contributed by atoms with E-state index in [1.54, 1.807) is 5.92 Å². The highest BCUT2D eigenvalue weighted by Gasteiger charge is 2.85. The van der Waals surface area contributed by atoms with E-state index in [2.05, 4.69) is 39.9 Å². The van der Waals surface area contributed by atoms with E-state index in [4.69, 9.17) is 19.3 Å². The quantitative estimate of drug-likeness (QED) is 0.330. The predicted octanol–water partition coefficient (Wildman–Crippen LogP) is 5.13. The molecule has 2 saturated heterocycles. The van der Waals surface area contributed by atoms with Crippen molar-refractivity contribution in [3.05, 3.63) is 18.1 Å². The first-order chi connectivity index (χ1) is 22.3. The van der Waals surface area contributed by atoms with Crippen LogP contribution < -0.4 is 5.32 Å². The van der Waals surface area contributed by atoms with Gasteiger partial charge in [-0.1, -0.05) is 34.6 Å². The molecule has 2 heterocycles. The van der Waals surface area contributed by atoms with Crippen LogP contribution in [0.15, 0.2) is 0 Å². The van der Waals surface area contributed by atoms with Crippen LogP contribution in [-0.4, -0.2) is 78.3 Å². The van der Waals surface area contributed by atoms with Crippen molar-refractivity contribution in [2.75, 3.05) is 32.8 Å². The molecule has 261 valence electrons. The number of fused-ring (bicyclic) bond motifs is 4. The molecule has 6 saturated carbocycles. The van der Waals surface area contributed by atoms with Crippen molar-refractivity contribution in [3.8, 4) is 0 Å². The lowest BCUT2D eigenvalue weighted by molar-refractivity contribution is -0.242. The number of carbonyl (C=O) groups is 2. The van der Waals surface area contributed by atoms with Gasteiger partial charge in [-0.25, -0.2) is 0 Å². The van der Waals surface area contributed by atoms with Crippen LogP contribution in [0.25, 0.3) is 0 Å². The largest absolute Gasteiger partial charge is 0.480 e. The number of carboxylic acid groups (broad SMARTS) is 1. The summed E-state index contributed by atoms with van der Waals surface area (Å²) in [6.07, 6.45) is 12.4. The Balaban J connectivity index is 0.983. The minimum absolute atomic E-state index is 0.0138. The molecule has 3 N–H and O–H groups in total. The van der Waals surface area contributed by atoms with Gasteiger partial charge in [-0.3, -0.25) is 9.59 Å². The molecule has 0 aromatic heterocycles. The van der Waals surface area contributed by atoms with Crippen LogP contribution >= 0.6 is 0 Å². The fourth-order valence-corrected chi connectivity index (χ4v) is 13.0. The number of aliphatic hydroxyl groups excluding tert-OH is 1. The van der Waals surface area contributed by atoms with Crippen molar-refractivity contribution < 1.29 is 34.0 Å². The molecule has 1 unspecified atom stereocenters. The minimum atomic E-state index is -0.879. The molecule has 6 aliphatic carbocycles. The molecule has 47 heavy (non-hydrogen) atoms. The van der Waals surface area contributed by atoms with E-state index < -0.39 is 12.1 Å². The third-order valence-electron chi connectivity index (χ3n) is 15.5. The zero-order valence-corrected chi connectivity index (χ0v) is 29.2. The molecule has 0 aromatic carbocycles. The van der Waals surface area contributed by atoms with Gasteiger partial charge in [0.25, 0.3) is 0 Å². The van der Waals surface area contributed by atoms with Gasteiger partial charge in [-0.15, -0.1) is 0 Å². The Morgan fingerprint density at radius 2 is 1.87 bits per heavy atom. The van der Waals surface area contributed by atoms with Crippen molar-refractivity contribution in [3.63, 3.8) is 0 Å². The molecule has 0 aromatic rings. The number of ether oxygens (including phenoxy) is 3. The third-order valence-corrected chi connectivity index (χ3v) is 15.5. The molecular formula is C38H57N2O7. The van der Waals surface area contributed by atoms with Gasteiger partial charge in [0.2, 0.25) is 5.91 Å². The first-order valence-electron chi connectivity index (χ1n) is 18.7. The Kier molecular flexibility index (Phi) is 7.79. The molecule has 8 rings (SSSR count). The zero-order chi connectivity index (χ0) is 33.1. The van der Waals surface area contributed by atoms with Crippen LogP contribution in [0.1, 0.15) is 105 Å². The van der Waals surface area contributed by atoms with Crippen LogP contribution in [-0.2, 0) is 23.8 Å². The predicted molar refractivity (Wildman–Crippen MR) is 174 cm³/mol. The monoisotopic (exact) mass is 653 g/mol. The summed E-state index contributed by atoms with van der Waals surface area (Å²) in [6, 6.07) is 0. The van der Waals surface area contributed by atoms with Gasteiger partial charge in [0.15, 0.2) is 6.29 Å². The molecular weight excluding hydrogens is 596 g/mol. The number of aliphatic carboxylic acids is 1. The van der Waals surface area contributed by atoms with Crippen molar-refractivity contribution >= 4 is 11.9 Å². The summed E-state index contributed by atoms with van der Waals surface area (Å²) < 4.78 is 19.5. The first kappa shape index (κ1) is 32.9. The van der Waals surface area contributed by atoms with Crippen molar-refractivity contribution in [2.24, 2.45) is 50.7 Å². The number of amides is 1. The second-order valence-corrected chi connectivity index (χ2v) is 18.0. The fourth-order valence-electron chi connectivity index (χ4n) is 13.0. The Morgan fingerprint density at radius 1 is 1.09 bits per heavy atom. The molecule has 8 aliphatic rings. The highest BCUT2D eigenvalue weighted by Crippen LogP contribution is 2.90. The first-order valence-corrected chi connectivity index (χ1v) is 18.7. The maximum Gasteiger partial charge on any atom is 0.317 e. The van der Waals surface area contributed by atoms with Crippen molar-refractivity contribution in [2.45, 2.75) is 124 Å². The van der Waals surface area contributed by atoms with Crippen molar-refractivity contribution in [1.82, 2.24) is 10.2 Å². The standard InChI is InChI=1S/C38H57N2O7/c1-22-16-24(18-39-19-29(42)43)46-32-31(22)35(4)12-13-38-21-37(38)11-10-27(34(2,3)25(37)8-9-26(38)36(35,5)33(32)44)47-30-20-40(14-15-45-30)28(41)17-23-6-7-23/h22-23,25,27,30-31,33,39,44H,6-21H2,1-5H3,(H,42,43)/t22-,25+,27?,30+,31+,33+,35-,36-,37-,38+/m1/s1. The van der Waals surface area contributed by atoms with E-state index in [0.29, 0.717) is 50.4 Å². The van der Waals surface area contributed by atoms with E-state index >= 15 is 0 Å². The van der Waals surface area contributed by atoms with Gasteiger partial charge in [0.05, 0.1) is 31.9 Å². The maximum atomic E-state index is 12.9. The molecule has 3 radical (unpaired) electrons. The highest BCUT2D eigenvalue weighted by molar-refractivity contribution is 5.76. The number of rotatable bonds is 8. The van der Waals surface area contributed by atoms with Crippen LogP contribution in [0, 0.1) is 68.9 Å². The molecule has 8 fully saturated rings. The Hall–Kier alpha value is -1.26. The SMILES string of the molecule is C[C@@H]1C[C](CNCC(=O)O)O[C]2[C@H]1[C@@]1(C)CC[C@@]34C[C@@]35CCC(O[C@H]3CN(C(=O)CC6CC6)CCO3)C(C)(C)[C@@H]5CC[C]4[C@]1(C)[C@H]2O. The summed E-state index contributed by atoms with van der Waals surface area (Å²) >= 11 is 0. The van der Waals surface area contributed by atoms with Gasteiger partial charge in [-0.2, -0.15) is 0 Å². The van der Waals surface area contributed by atoms with Gasteiger partial charge in [-0.05, 0) is 110 Å². The summed E-state index contributed by atoms with van der Waals surface area (Å²) in [5.41, 5.74) is 0.00150. The van der Waals surface area contributed by atoms with Gasteiger partial charge < -0.3 is 34.6 Å². The van der Waals surface area contributed by atoms with Crippen LogP contribution in [0.4, 0.5) is 0 Å². The number of hydrogen-bond donors (Lipinski definition) is 3. The third kappa shape index (κ3) is 4.71. The lowest BCUT2D eigenvalue weighted by Crippen LogP contribution is -2.59.